The standard InChI is InChI=1S/C26H29F3N4O6S/c27-26(28,29)8-13-39-24-22-17(3-12-38-22)15-20(31-24)23(35)30-19-2-1-18(32-40(36,37)14-11-34)16-21(19)33-9-6-25(4-5-25)7-10-33/h1-3,12,15-16,32,34H,4-11,13-14H2,(H,30,35). The van der Waals surface area contributed by atoms with Gasteiger partial charge in [-0.25, -0.2) is 13.4 Å². The predicted molar refractivity (Wildman–Crippen MR) is 142 cm³/mol. The number of sulfonamides is 1. The average molecular weight is 583 g/mol. The molecule has 2 aliphatic rings. The quantitative estimate of drug-likeness (QED) is 0.318. The first-order valence-corrected chi connectivity index (χ1v) is 14.5. The van der Waals surface area contributed by atoms with E-state index >= 15 is 0 Å². The molecule has 1 saturated carbocycles. The average Bonchev–Trinajstić information content (AvgIpc) is 3.45. The van der Waals surface area contributed by atoms with Crippen LogP contribution in [0.15, 0.2) is 41.0 Å². The molecule has 2 fully saturated rings. The summed E-state index contributed by atoms with van der Waals surface area (Å²) in [6.45, 7) is 0.240. The second-order valence-corrected chi connectivity index (χ2v) is 12.0. The summed E-state index contributed by atoms with van der Waals surface area (Å²) in [7, 11) is -3.77. The molecule has 1 saturated heterocycles. The number of halogens is 3. The van der Waals surface area contributed by atoms with Crippen LogP contribution in [0.5, 0.6) is 5.88 Å². The predicted octanol–water partition coefficient (Wildman–Crippen LogP) is 4.53. The molecule has 3 aromatic rings. The Kier molecular flexibility index (Phi) is 7.57. The SMILES string of the molecule is O=C(Nc1ccc(NS(=O)(=O)CCO)cc1N1CCC2(CC1)CC2)c1cc2ccoc2c(OCCC(F)(F)F)n1. The van der Waals surface area contributed by atoms with E-state index in [0.717, 1.165) is 25.9 Å². The van der Waals surface area contributed by atoms with Gasteiger partial charge in [-0.2, -0.15) is 13.2 Å². The number of aliphatic hydroxyl groups excluding tert-OH is 1. The Morgan fingerprint density at radius 1 is 1.15 bits per heavy atom. The van der Waals surface area contributed by atoms with E-state index in [1.54, 1.807) is 18.2 Å². The summed E-state index contributed by atoms with van der Waals surface area (Å²) in [5, 5.41) is 12.3. The fraction of sp³-hybridized carbons (Fsp3) is 0.462. The molecule has 0 atom stereocenters. The Morgan fingerprint density at radius 2 is 1.90 bits per heavy atom. The smallest absolute Gasteiger partial charge is 0.392 e. The Hall–Kier alpha value is -3.52. The Bertz CT molecular complexity index is 1490. The lowest BCUT2D eigenvalue weighted by molar-refractivity contribution is -0.139. The number of carbonyl (C=O) groups is 1. The number of rotatable bonds is 10. The summed E-state index contributed by atoms with van der Waals surface area (Å²) in [5.41, 5.74) is 1.72. The van der Waals surface area contributed by atoms with Gasteiger partial charge in [-0.05, 0) is 61.4 Å². The van der Waals surface area contributed by atoms with E-state index in [-0.39, 0.29) is 22.8 Å². The highest BCUT2D eigenvalue weighted by atomic mass is 32.2. The van der Waals surface area contributed by atoms with Gasteiger partial charge in [-0.3, -0.25) is 9.52 Å². The Labute approximate surface area is 228 Å². The number of anilines is 3. The molecule has 1 aliphatic heterocycles. The highest BCUT2D eigenvalue weighted by Gasteiger charge is 2.44. The van der Waals surface area contributed by atoms with Crippen molar-refractivity contribution >= 4 is 44.0 Å². The number of aliphatic hydroxyl groups is 1. The zero-order valence-electron chi connectivity index (χ0n) is 21.5. The third kappa shape index (κ3) is 6.61. The number of fused-ring (bicyclic) bond motifs is 1. The maximum absolute atomic E-state index is 13.3. The second-order valence-electron chi connectivity index (χ2n) is 10.2. The first-order chi connectivity index (χ1) is 19.0. The number of pyridine rings is 1. The van der Waals surface area contributed by atoms with Crippen LogP contribution in [0.4, 0.5) is 30.2 Å². The van der Waals surface area contributed by atoms with E-state index in [9.17, 15) is 26.4 Å². The third-order valence-corrected chi connectivity index (χ3v) is 8.53. The van der Waals surface area contributed by atoms with Crippen molar-refractivity contribution in [1.29, 1.82) is 0 Å². The zero-order valence-corrected chi connectivity index (χ0v) is 22.3. The highest BCUT2D eigenvalue weighted by Crippen LogP contribution is 2.54. The van der Waals surface area contributed by atoms with E-state index in [4.69, 9.17) is 14.3 Å². The number of ether oxygens (including phenoxy) is 1. The molecule has 3 heterocycles. The van der Waals surface area contributed by atoms with Crippen molar-refractivity contribution in [3.05, 3.63) is 42.3 Å². The van der Waals surface area contributed by atoms with E-state index in [0.29, 0.717) is 22.2 Å². The molecule has 216 valence electrons. The van der Waals surface area contributed by atoms with E-state index in [1.807, 2.05) is 0 Å². The van der Waals surface area contributed by atoms with Crippen molar-refractivity contribution in [1.82, 2.24) is 4.98 Å². The molecule has 10 nitrogen and oxygen atoms in total. The molecule has 0 unspecified atom stereocenters. The van der Waals surface area contributed by atoms with Gasteiger partial charge in [0.2, 0.25) is 10.0 Å². The minimum Gasteiger partial charge on any atom is -0.475 e. The van der Waals surface area contributed by atoms with Crippen LogP contribution in [-0.4, -0.2) is 62.6 Å². The van der Waals surface area contributed by atoms with Gasteiger partial charge < -0.3 is 24.5 Å². The number of amides is 1. The molecule has 40 heavy (non-hydrogen) atoms. The van der Waals surface area contributed by atoms with E-state index in [2.05, 4.69) is 19.9 Å². The van der Waals surface area contributed by atoms with Gasteiger partial charge in [0.25, 0.3) is 11.8 Å². The van der Waals surface area contributed by atoms with Crippen molar-refractivity contribution < 1.29 is 40.6 Å². The largest absolute Gasteiger partial charge is 0.475 e. The number of furan rings is 1. The molecule has 14 heteroatoms. The minimum atomic E-state index is -4.42. The summed E-state index contributed by atoms with van der Waals surface area (Å²) in [5.74, 6) is -1.31. The lowest BCUT2D eigenvalue weighted by Crippen LogP contribution is -2.35. The lowest BCUT2D eigenvalue weighted by atomic mass is 9.93. The summed E-state index contributed by atoms with van der Waals surface area (Å²) >= 11 is 0. The van der Waals surface area contributed by atoms with Crippen LogP contribution >= 0.6 is 0 Å². The van der Waals surface area contributed by atoms with Gasteiger partial charge in [0.1, 0.15) is 5.69 Å². The number of nitrogens with one attached hydrogen (secondary N) is 2. The molecular formula is C26H29F3N4O6S. The fourth-order valence-electron chi connectivity index (χ4n) is 4.82. The van der Waals surface area contributed by atoms with Crippen LogP contribution in [0, 0.1) is 5.41 Å². The zero-order chi connectivity index (χ0) is 28.5. The normalized spacial score (nSPS) is 16.8. The number of nitrogens with zero attached hydrogens (tertiary/aromatic N) is 2. The lowest BCUT2D eigenvalue weighted by Gasteiger charge is -2.35. The van der Waals surface area contributed by atoms with Crippen molar-refractivity contribution in [3.63, 3.8) is 0 Å². The van der Waals surface area contributed by atoms with Crippen LogP contribution in [0.2, 0.25) is 0 Å². The highest BCUT2D eigenvalue weighted by molar-refractivity contribution is 7.92. The number of hydrogen-bond donors (Lipinski definition) is 3. The molecule has 0 radical (unpaired) electrons. The molecular weight excluding hydrogens is 553 g/mol. The van der Waals surface area contributed by atoms with Crippen molar-refractivity contribution in [2.24, 2.45) is 5.41 Å². The molecule has 2 aromatic heterocycles. The fourth-order valence-corrected chi connectivity index (χ4v) is 5.65. The molecule has 1 amide bonds. The maximum atomic E-state index is 13.3. The van der Waals surface area contributed by atoms with E-state index in [1.165, 1.54) is 31.2 Å². The minimum absolute atomic E-state index is 0.0924. The number of benzene rings is 1. The molecule has 1 spiro atoms. The molecule has 3 N–H and O–H groups in total. The summed E-state index contributed by atoms with van der Waals surface area (Å²) in [6.07, 6.45) is 0.0720. The van der Waals surface area contributed by atoms with Crippen LogP contribution < -0.4 is 19.7 Å². The van der Waals surface area contributed by atoms with Gasteiger partial charge in [-0.1, -0.05) is 0 Å². The second kappa shape index (κ2) is 10.8. The van der Waals surface area contributed by atoms with Gasteiger partial charge in [0.05, 0.1) is 48.7 Å². The van der Waals surface area contributed by atoms with Gasteiger partial charge in [-0.15, -0.1) is 0 Å². The van der Waals surface area contributed by atoms with Crippen LogP contribution in [-0.2, 0) is 10.0 Å². The Morgan fingerprint density at radius 3 is 2.58 bits per heavy atom. The van der Waals surface area contributed by atoms with Crippen molar-refractivity contribution in [3.8, 4) is 5.88 Å². The third-order valence-electron chi connectivity index (χ3n) is 7.26. The summed E-state index contributed by atoms with van der Waals surface area (Å²) in [4.78, 5) is 19.5. The first-order valence-electron chi connectivity index (χ1n) is 12.9. The summed E-state index contributed by atoms with van der Waals surface area (Å²) in [6, 6.07) is 7.69. The van der Waals surface area contributed by atoms with Crippen molar-refractivity contribution in [2.75, 3.05) is 47.0 Å². The van der Waals surface area contributed by atoms with Crippen LogP contribution in [0.25, 0.3) is 11.0 Å². The Balaban J connectivity index is 1.40. The number of alkyl halides is 3. The van der Waals surface area contributed by atoms with Crippen LogP contribution in [0.1, 0.15) is 42.6 Å². The van der Waals surface area contributed by atoms with Gasteiger partial charge in [0, 0.05) is 18.5 Å². The van der Waals surface area contributed by atoms with Gasteiger partial charge in [0.15, 0.2) is 5.58 Å². The summed E-state index contributed by atoms with van der Waals surface area (Å²) < 4.78 is 75.3. The number of piperidine rings is 1. The molecule has 1 aromatic carbocycles. The topological polar surface area (TPSA) is 134 Å². The van der Waals surface area contributed by atoms with E-state index < -0.39 is 47.5 Å². The number of hydrogen-bond acceptors (Lipinski definition) is 8. The van der Waals surface area contributed by atoms with Gasteiger partial charge >= 0.3 is 6.18 Å². The molecule has 1 aliphatic carbocycles. The monoisotopic (exact) mass is 582 g/mol. The molecule has 5 rings (SSSR count). The first kappa shape index (κ1) is 28.0. The van der Waals surface area contributed by atoms with Crippen molar-refractivity contribution in [2.45, 2.75) is 38.3 Å². The number of aromatic nitrogens is 1. The van der Waals surface area contributed by atoms with Crippen LogP contribution in [0.3, 0.4) is 0 Å². The molecule has 0 bridgehead atoms. The maximum Gasteiger partial charge on any atom is 0.392 e. The number of carbonyl (C=O) groups excluding carboxylic acids is 1.